The van der Waals surface area contributed by atoms with Crippen molar-refractivity contribution in [2.75, 3.05) is 0 Å². The van der Waals surface area contributed by atoms with Crippen molar-refractivity contribution in [2.24, 2.45) is 5.92 Å². The minimum absolute atomic E-state index is 0.0289. The maximum atomic E-state index is 12.1. The summed E-state index contributed by atoms with van der Waals surface area (Å²) in [5.41, 5.74) is 0.807. The number of halogens is 1. The number of rotatable bonds is 5. The van der Waals surface area contributed by atoms with Gasteiger partial charge in [-0.2, -0.15) is 5.10 Å². The molecule has 1 heterocycles. The Morgan fingerprint density at radius 2 is 2.09 bits per heavy atom. The minimum atomic E-state index is -3.98. The van der Waals surface area contributed by atoms with Crippen molar-refractivity contribution in [3.63, 3.8) is 0 Å². The SMILES string of the molecule is CC(C)Cc1cc(C(=O)NS(=O)(=O)c2cccc(Cl)c2)n[nH]1. The van der Waals surface area contributed by atoms with Gasteiger partial charge in [-0.3, -0.25) is 9.89 Å². The van der Waals surface area contributed by atoms with Crippen LogP contribution in [0, 0.1) is 5.92 Å². The van der Waals surface area contributed by atoms with E-state index in [1.54, 1.807) is 12.1 Å². The van der Waals surface area contributed by atoms with E-state index in [1.807, 2.05) is 18.6 Å². The van der Waals surface area contributed by atoms with Gasteiger partial charge in [-0.1, -0.05) is 31.5 Å². The first kappa shape index (κ1) is 16.5. The zero-order valence-corrected chi connectivity index (χ0v) is 13.7. The molecule has 0 radical (unpaired) electrons. The zero-order valence-electron chi connectivity index (χ0n) is 12.1. The van der Waals surface area contributed by atoms with E-state index in [2.05, 4.69) is 10.2 Å². The molecule has 1 aromatic carbocycles. The summed E-state index contributed by atoms with van der Waals surface area (Å²) < 4.78 is 26.2. The van der Waals surface area contributed by atoms with Crippen LogP contribution in [0.2, 0.25) is 5.02 Å². The Morgan fingerprint density at radius 3 is 2.73 bits per heavy atom. The third-order valence-corrected chi connectivity index (χ3v) is 4.39. The number of H-pyrrole nitrogens is 1. The Morgan fingerprint density at radius 1 is 1.36 bits per heavy atom. The van der Waals surface area contributed by atoms with Gasteiger partial charge in [-0.25, -0.2) is 13.1 Å². The highest BCUT2D eigenvalue weighted by Crippen LogP contribution is 2.15. The fraction of sp³-hybridized carbons (Fsp3) is 0.286. The van der Waals surface area contributed by atoms with Gasteiger partial charge in [0.1, 0.15) is 0 Å². The molecule has 0 bridgehead atoms. The number of nitrogens with one attached hydrogen (secondary N) is 2. The van der Waals surface area contributed by atoms with E-state index in [1.165, 1.54) is 18.2 Å². The Kier molecular flexibility index (Phi) is 4.87. The van der Waals surface area contributed by atoms with Crippen LogP contribution in [-0.4, -0.2) is 24.5 Å². The highest BCUT2D eigenvalue weighted by atomic mass is 35.5. The minimum Gasteiger partial charge on any atom is -0.282 e. The Labute approximate surface area is 133 Å². The lowest BCUT2D eigenvalue weighted by molar-refractivity contribution is 0.0976. The second kappa shape index (κ2) is 6.50. The largest absolute Gasteiger partial charge is 0.285 e. The molecule has 0 atom stereocenters. The predicted octanol–water partition coefficient (Wildman–Crippen LogP) is 2.38. The van der Waals surface area contributed by atoms with E-state index < -0.39 is 15.9 Å². The number of sulfonamides is 1. The lowest BCUT2D eigenvalue weighted by Gasteiger charge is -2.05. The summed E-state index contributed by atoms with van der Waals surface area (Å²) in [6.07, 6.45) is 0.724. The number of hydrogen-bond donors (Lipinski definition) is 2. The number of aromatic amines is 1. The number of aromatic nitrogens is 2. The molecule has 2 N–H and O–H groups in total. The number of amides is 1. The highest BCUT2D eigenvalue weighted by molar-refractivity contribution is 7.90. The summed E-state index contributed by atoms with van der Waals surface area (Å²) in [4.78, 5) is 11.9. The molecular weight excluding hydrogens is 326 g/mol. The van der Waals surface area contributed by atoms with Gasteiger partial charge in [0, 0.05) is 10.7 Å². The quantitative estimate of drug-likeness (QED) is 0.873. The zero-order chi connectivity index (χ0) is 16.3. The van der Waals surface area contributed by atoms with Crippen LogP contribution in [0.5, 0.6) is 0 Å². The van der Waals surface area contributed by atoms with Gasteiger partial charge in [-0.15, -0.1) is 0 Å². The van der Waals surface area contributed by atoms with Crippen LogP contribution in [0.15, 0.2) is 35.2 Å². The lowest BCUT2D eigenvalue weighted by Crippen LogP contribution is -2.30. The monoisotopic (exact) mass is 341 g/mol. The molecule has 2 rings (SSSR count). The summed E-state index contributed by atoms with van der Waals surface area (Å²) in [6, 6.07) is 7.22. The third-order valence-electron chi connectivity index (χ3n) is 2.83. The van der Waals surface area contributed by atoms with Crippen LogP contribution in [0.1, 0.15) is 30.0 Å². The van der Waals surface area contributed by atoms with Gasteiger partial charge in [-0.05, 0) is 36.6 Å². The number of nitrogens with zero attached hydrogens (tertiary/aromatic N) is 1. The molecule has 0 aliphatic carbocycles. The average Bonchev–Trinajstić information content (AvgIpc) is 2.86. The molecule has 118 valence electrons. The number of carbonyl (C=O) groups is 1. The second-order valence-electron chi connectivity index (χ2n) is 5.27. The molecule has 0 saturated carbocycles. The van der Waals surface area contributed by atoms with Gasteiger partial charge in [0.05, 0.1) is 4.90 Å². The molecule has 8 heteroatoms. The summed E-state index contributed by atoms with van der Waals surface area (Å²) in [5, 5.41) is 6.84. The van der Waals surface area contributed by atoms with Crippen LogP contribution in [-0.2, 0) is 16.4 Å². The first-order valence-corrected chi connectivity index (χ1v) is 8.51. The van der Waals surface area contributed by atoms with Crippen LogP contribution in [0.3, 0.4) is 0 Å². The van der Waals surface area contributed by atoms with E-state index in [9.17, 15) is 13.2 Å². The van der Waals surface area contributed by atoms with Crippen LogP contribution >= 0.6 is 11.6 Å². The highest BCUT2D eigenvalue weighted by Gasteiger charge is 2.20. The van der Waals surface area contributed by atoms with Crippen molar-refractivity contribution in [2.45, 2.75) is 25.2 Å². The van der Waals surface area contributed by atoms with Crippen molar-refractivity contribution in [1.82, 2.24) is 14.9 Å². The van der Waals surface area contributed by atoms with E-state index in [0.29, 0.717) is 5.92 Å². The first-order valence-electron chi connectivity index (χ1n) is 6.65. The van der Waals surface area contributed by atoms with Crippen molar-refractivity contribution in [3.05, 3.63) is 46.7 Å². The Bertz CT molecular complexity index is 784. The molecule has 0 aliphatic rings. The average molecular weight is 342 g/mol. The number of hydrogen-bond acceptors (Lipinski definition) is 4. The molecular formula is C14H16ClN3O3S. The Hall–Kier alpha value is -1.86. The Balaban J connectivity index is 2.15. The van der Waals surface area contributed by atoms with Gasteiger partial charge in [0.25, 0.3) is 15.9 Å². The summed E-state index contributed by atoms with van der Waals surface area (Å²) in [7, 11) is -3.98. The van der Waals surface area contributed by atoms with Gasteiger partial charge in [0.2, 0.25) is 0 Å². The molecule has 6 nitrogen and oxygen atoms in total. The topological polar surface area (TPSA) is 91.9 Å². The molecule has 0 unspecified atom stereocenters. The molecule has 0 fully saturated rings. The van der Waals surface area contributed by atoms with Gasteiger partial charge < -0.3 is 0 Å². The molecule has 22 heavy (non-hydrogen) atoms. The van der Waals surface area contributed by atoms with Crippen molar-refractivity contribution >= 4 is 27.5 Å². The fourth-order valence-electron chi connectivity index (χ4n) is 1.89. The number of benzene rings is 1. The fourth-order valence-corrected chi connectivity index (χ4v) is 3.15. The molecule has 0 aliphatic heterocycles. The third kappa shape index (κ3) is 4.08. The van der Waals surface area contributed by atoms with Gasteiger partial charge in [0.15, 0.2) is 5.69 Å². The van der Waals surface area contributed by atoms with Crippen LogP contribution in [0.25, 0.3) is 0 Å². The van der Waals surface area contributed by atoms with Crippen molar-refractivity contribution in [3.8, 4) is 0 Å². The molecule has 2 aromatic rings. The van der Waals surface area contributed by atoms with E-state index >= 15 is 0 Å². The lowest BCUT2D eigenvalue weighted by atomic mass is 10.1. The van der Waals surface area contributed by atoms with E-state index in [-0.39, 0.29) is 15.6 Å². The van der Waals surface area contributed by atoms with E-state index in [0.717, 1.165) is 12.1 Å². The van der Waals surface area contributed by atoms with Crippen molar-refractivity contribution in [1.29, 1.82) is 0 Å². The molecule has 0 saturated heterocycles. The molecule has 1 aromatic heterocycles. The van der Waals surface area contributed by atoms with Crippen LogP contribution < -0.4 is 4.72 Å². The normalized spacial score (nSPS) is 11.6. The summed E-state index contributed by atoms with van der Waals surface area (Å²) in [6.45, 7) is 4.06. The second-order valence-corrected chi connectivity index (χ2v) is 7.39. The van der Waals surface area contributed by atoms with Crippen LogP contribution in [0.4, 0.5) is 0 Å². The summed E-state index contributed by atoms with van der Waals surface area (Å²) in [5.74, 6) is -0.391. The molecule has 1 amide bonds. The number of carbonyl (C=O) groups excluding carboxylic acids is 1. The summed E-state index contributed by atoms with van der Waals surface area (Å²) >= 11 is 5.76. The first-order chi connectivity index (χ1) is 10.3. The predicted molar refractivity (Wildman–Crippen MR) is 83.2 cm³/mol. The van der Waals surface area contributed by atoms with Gasteiger partial charge >= 0.3 is 0 Å². The molecule has 0 spiro atoms. The smallest absolute Gasteiger partial charge is 0.282 e. The maximum absolute atomic E-state index is 12.1. The van der Waals surface area contributed by atoms with Crippen molar-refractivity contribution < 1.29 is 13.2 Å². The standard InChI is InChI=1S/C14H16ClN3O3S/c1-9(2)6-11-8-13(17-16-11)14(19)18-22(20,21)12-5-3-4-10(15)7-12/h3-5,7-9H,6H2,1-2H3,(H,16,17)(H,18,19). The maximum Gasteiger partial charge on any atom is 0.285 e. The van der Waals surface area contributed by atoms with E-state index in [4.69, 9.17) is 11.6 Å².